The molecule has 1 atom stereocenters. The van der Waals surface area contributed by atoms with Gasteiger partial charge in [-0.1, -0.05) is 19.1 Å². The van der Waals surface area contributed by atoms with E-state index in [9.17, 15) is 4.39 Å². The van der Waals surface area contributed by atoms with E-state index < -0.39 is 0 Å². The summed E-state index contributed by atoms with van der Waals surface area (Å²) < 4.78 is 13.7. The maximum absolute atomic E-state index is 13.7. The number of hydrogen-bond donors (Lipinski definition) is 1. The first kappa shape index (κ1) is 12.0. The van der Waals surface area contributed by atoms with Gasteiger partial charge in [-0.05, 0) is 43.5 Å². The summed E-state index contributed by atoms with van der Waals surface area (Å²) >= 11 is 0. The number of fused-ring (bicyclic) bond motifs is 1. The Morgan fingerprint density at radius 1 is 1.41 bits per heavy atom. The highest BCUT2D eigenvalue weighted by Gasteiger charge is 2.09. The molecular weight excluding hydrogens is 215 g/mol. The van der Waals surface area contributed by atoms with E-state index in [-0.39, 0.29) is 5.82 Å². The van der Waals surface area contributed by atoms with Crippen molar-refractivity contribution in [2.75, 3.05) is 6.54 Å². The fourth-order valence-corrected chi connectivity index (χ4v) is 2.00. The van der Waals surface area contributed by atoms with Gasteiger partial charge in [0.25, 0.3) is 0 Å². The summed E-state index contributed by atoms with van der Waals surface area (Å²) in [5.74, 6) is 0.110. The van der Waals surface area contributed by atoms with Crippen LogP contribution >= 0.6 is 0 Å². The Bertz CT molecular complexity index is 537. The minimum absolute atomic E-state index is 0.257. The molecule has 0 saturated carbocycles. The van der Waals surface area contributed by atoms with Gasteiger partial charge in [0.1, 0.15) is 11.3 Å². The summed E-state index contributed by atoms with van der Waals surface area (Å²) in [4.78, 5) is 4.39. The van der Waals surface area contributed by atoms with Crippen LogP contribution in [-0.4, -0.2) is 11.5 Å². The molecule has 0 saturated heterocycles. The lowest BCUT2D eigenvalue weighted by molar-refractivity contribution is 0.583. The molecule has 0 fully saturated rings. The summed E-state index contributed by atoms with van der Waals surface area (Å²) in [7, 11) is 0. The molecule has 0 aliphatic rings. The van der Waals surface area contributed by atoms with Crippen molar-refractivity contribution in [1.29, 1.82) is 0 Å². The summed E-state index contributed by atoms with van der Waals surface area (Å²) in [6.07, 6.45) is 0.793. The summed E-state index contributed by atoms with van der Waals surface area (Å²) in [6, 6.07) is 7.09. The fourth-order valence-electron chi connectivity index (χ4n) is 2.00. The first-order chi connectivity index (χ1) is 8.11. The molecule has 0 aliphatic heterocycles. The highest BCUT2D eigenvalue weighted by atomic mass is 19.1. The predicted octanol–water partition coefficient (Wildman–Crippen LogP) is 2.82. The minimum Gasteiger partial charge on any atom is -0.330 e. The number of nitrogens with two attached hydrogens (primary N) is 1. The predicted molar refractivity (Wildman–Crippen MR) is 68.4 cm³/mol. The lowest BCUT2D eigenvalue weighted by atomic mass is 10.0. The lowest BCUT2D eigenvalue weighted by Crippen LogP contribution is -2.14. The molecule has 1 unspecified atom stereocenters. The standard InChI is InChI=1S/C14H17FN2/c1-9(8-16)6-11-7-10(2)12-4-3-5-13(15)14(12)17-11/h3-5,7,9H,6,8,16H2,1-2H3. The van der Waals surface area contributed by atoms with Crippen LogP contribution in [0, 0.1) is 18.7 Å². The lowest BCUT2D eigenvalue weighted by Gasteiger charge is -2.10. The summed E-state index contributed by atoms with van der Waals surface area (Å²) in [6.45, 7) is 4.68. The molecule has 2 N–H and O–H groups in total. The third kappa shape index (κ3) is 2.44. The Hall–Kier alpha value is -1.48. The van der Waals surface area contributed by atoms with E-state index in [0.717, 1.165) is 23.1 Å². The smallest absolute Gasteiger partial charge is 0.149 e. The van der Waals surface area contributed by atoms with Crippen molar-refractivity contribution in [3.05, 3.63) is 41.3 Å². The molecule has 0 aliphatic carbocycles. The van der Waals surface area contributed by atoms with Crippen LogP contribution in [0.5, 0.6) is 0 Å². The number of nitrogens with zero attached hydrogens (tertiary/aromatic N) is 1. The van der Waals surface area contributed by atoms with E-state index in [0.29, 0.717) is 18.0 Å². The molecule has 90 valence electrons. The Labute approximate surface area is 101 Å². The van der Waals surface area contributed by atoms with Crippen LogP contribution in [-0.2, 0) is 6.42 Å². The summed E-state index contributed by atoms with van der Waals surface area (Å²) in [5, 5.41) is 0.883. The number of rotatable bonds is 3. The average Bonchev–Trinajstić information content (AvgIpc) is 2.30. The first-order valence-corrected chi connectivity index (χ1v) is 5.86. The molecule has 0 amide bonds. The Morgan fingerprint density at radius 3 is 2.88 bits per heavy atom. The van der Waals surface area contributed by atoms with Gasteiger partial charge in [0.05, 0.1) is 0 Å². The maximum Gasteiger partial charge on any atom is 0.149 e. The van der Waals surface area contributed by atoms with Gasteiger partial charge >= 0.3 is 0 Å². The first-order valence-electron chi connectivity index (χ1n) is 5.86. The molecule has 0 radical (unpaired) electrons. The van der Waals surface area contributed by atoms with E-state index in [1.165, 1.54) is 6.07 Å². The number of halogens is 1. The van der Waals surface area contributed by atoms with Gasteiger partial charge in [-0.25, -0.2) is 9.37 Å². The Kier molecular flexibility index (Phi) is 3.38. The second-order valence-electron chi connectivity index (χ2n) is 4.61. The monoisotopic (exact) mass is 232 g/mol. The average molecular weight is 232 g/mol. The van der Waals surface area contributed by atoms with E-state index in [2.05, 4.69) is 11.9 Å². The number of aromatic nitrogens is 1. The van der Waals surface area contributed by atoms with Crippen LogP contribution in [0.25, 0.3) is 10.9 Å². The van der Waals surface area contributed by atoms with Crippen LogP contribution in [0.1, 0.15) is 18.2 Å². The highest BCUT2D eigenvalue weighted by Crippen LogP contribution is 2.21. The van der Waals surface area contributed by atoms with E-state index >= 15 is 0 Å². The van der Waals surface area contributed by atoms with Crippen molar-refractivity contribution in [3.63, 3.8) is 0 Å². The third-order valence-electron chi connectivity index (χ3n) is 3.01. The number of pyridine rings is 1. The molecule has 1 heterocycles. The largest absolute Gasteiger partial charge is 0.330 e. The molecule has 0 spiro atoms. The molecule has 2 aromatic rings. The van der Waals surface area contributed by atoms with Crippen LogP contribution in [0.3, 0.4) is 0 Å². The van der Waals surface area contributed by atoms with Crippen molar-refractivity contribution in [2.45, 2.75) is 20.3 Å². The molecule has 0 bridgehead atoms. The zero-order valence-corrected chi connectivity index (χ0v) is 10.2. The number of aryl methyl sites for hydroxylation is 1. The minimum atomic E-state index is -0.257. The second-order valence-corrected chi connectivity index (χ2v) is 4.61. The molecular formula is C14H17FN2. The highest BCUT2D eigenvalue weighted by molar-refractivity contribution is 5.82. The van der Waals surface area contributed by atoms with Gasteiger partial charge < -0.3 is 5.73 Å². The zero-order valence-electron chi connectivity index (χ0n) is 10.2. The van der Waals surface area contributed by atoms with Crippen molar-refractivity contribution in [1.82, 2.24) is 4.98 Å². The Morgan fingerprint density at radius 2 is 2.18 bits per heavy atom. The normalized spacial score (nSPS) is 12.9. The molecule has 1 aromatic carbocycles. The SMILES string of the molecule is Cc1cc(CC(C)CN)nc2c(F)cccc12. The number of para-hydroxylation sites is 1. The van der Waals surface area contributed by atoms with Gasteiger partial charge in [-0.2, -0.15) is 0 Å². The summed E-state index contributed by atoms with van der Waals surface area (Å²) in [5.41, 5.74) is 8.04. The van der Waals surface area contributed by atoms with E-state index in [4.69, 9.17) is 5.73 Å². The molecule has 1 aromatic heterocycles. The Balaban J connectivity index is 2.50. The second kappa shape index (κ2) is 4.80. The van der Waals surface area contributed by atoms with Crippen LogP contribution in [0.4, 0.5) is 4.39 Å². The topological polar surface area (TPSA) is 38.9 Å². The van der Waals surface area contributed by atoms with Gasteiger partial charge in [0.15, 0.2) is 0 Å². The van der Waals surface area contributed by atoms with E-state index in [1.807, 2.05) is 19.1 Å². The zero-order chi connectivity index (χ0) is 12.4. The van der Waals surface area contributed by atoms with E-state index in [1.54, 1.807) is 6.07 Å². The van der Waals surface area contributed by atoms with Gasteiger partial charge in [0.2, 0.25) is 0 Å². The quantitative estimate of drug-likeness (QED) is 0.883. The third-order valence-corrected chi connectivity index (χ3v) is 3.01. The molecule has 2 nitrogen and oxygen atoms in total. The number of benzene rings is 1. The van der Waals surface area contributed by atoms with Gasteiger partial charge in [-0.3, -0.25) is 0 Å². The van der Waals surface area contributed by atoms with Gasteiger partial charge in [-0.15, -0.1) is 0 Å². The van der Waals surface area contributed by atoms with Crippen molar-refractivity contribution in [2.24, 2.45) is 11.7 Å². The fraction of sp³-hybridized carbons (Fsp3) is 0.357. The van der Waals surface area contributed by atoms with Crippen molar-refractivity contribution < 1.29 is 4.39 Å². The molecule has 2 rings (SSSR count). The molecule has 3 heteroatoms. The maximum atomic E-state index is 13.7. The molecule has 17 heavy (non-hydrogen) atoms. The van der Waals surface area contributed by atoms with Crippen LogP contribution in [0.2, 0.25) is 0 Å². The van der Waals surface area contributed by atoms with Crippen molar-refractivity contribution >= 4 is 10.9 Å². The van der Waals surface area contributed by atoms with Gasteiger partial charge in [0, 0.05) is 11.1 Å². The van der Waals surface area contributed by atoms with Crippen molar-refractivity contribution in [3.8, 4) is 0 Å². The van der Waals surface area contributed by atoms with Crippen LogP contribution in [0.15, 0.2) is 24.3 Å². The number of hydrogen-bond acceptors (Lipinski definition) is 2. The van der Waals surface area contributed by atoms with Crippen LogP contribution < -0.4 is 5.73 Å².